The molecule has 0 atom stereocenters. The van der Waals surface area contributed by atoms with Crippen molar-refractivity contribution < 1.29 is 9.21 Å². The molecular formula is C18H21BrN2O2. The molecule has 0 bridgehead atoms. The minimum Gasteiger partial charge on any atom is -0.444 e. The number of carbonyl (C=O) groups excluding carboxylic acids is 1. The summed E-state index contributed by atoms with van der Waals surface area (Å²) >= 11 is 3.24. The Morgan fingerprint density at radius 3 is 2.39 bits per heavy atom. The van der Waals surface area contributed by atoms with Crippen LogP contribution in [0, 0.1) is 6.92 Å². The largest absolute Gasteiger partial charge is 0.444 e. The van der Waals surface area contributed by atoms with Gasteiger partial charge in [0.1, 0.15) is 0 Å². The van der Waals surface area contributed by atoms with Gasteiger partial charge in [0.25, 0.3) is 5.91 Å². The number of halogens is 1. The Kier molecular flexibility index (Phi) is 5.06. The Labute approximate surface area is 144 Å². The third kappa shape index (κ3) is 4.16. The third-order valence-corrected chi connectivity index (χ3v) is 4.60. The minimum absolute atomic E-state index is 0.235. The molecule has 1 aromatic heterocycles. The van der Waals surface area contributed by atoms with Crippen LogP contribution in [0.4, 0.5) is 11.4 Å². The summed E-state index contributed by atoms with van der Waals surface area (Å²) in [5.74, 6) is 0.0995. The molecule has 1 aliphatic carbocycles. The van der Waals surface area contributed by atoms with Gasteiger partial charge in [0.2, 0.25) is 0 Å². The van der Waals surface area contributed by atoms with E-state index in [4.69, 9.17) is 4.42 Å². The van der Waals surface area contributed by atoms with E-state index in [1.165, 1.54) is 32.1 Å². The van der Waals surface area contributed by atoms with E-state index < -0.39 is 0 Å². The molecule has 2 N–H and O–H groups in total. The van der Waals surface area contributed by atoms with E-state index in [9.17, 15) is 4.79 Å². The Bertz CT molecular complexity index is 673. The lowest BCUT2D eigenvalue weighted by molar-refractivity contribution is 0.0994. The molecule has 3 rings (SSSR count). The SMILES string of the molecule is Cc1cc(Br)oc1C(=O)Nc1ccc(NC2CCCCC2)cc1. The predicted octanol–water partition coefficient (Wildman–Crippen LogP) is 5.35. The number of anilines is 2. The van der Waals surface area contributed by atoms with E-state index in [2.05, 4.69) is 26.6 Å². The fourth-order valence-corrected chi connectivity index (χ4v) is 3.49. The maximum absolute atomic E-state index is 12.2. The number of benzene rings is 1. The van der Waals surface area contributed by atoms with Gasteiger partial charge < -0.3 is 15.1 Å². The van der Waals surface area contributed by atoms with Crippen LogP contribution in [0.25, 0.3) is 0 Å². The second-order valence-corrected chi connectivity index (χ2v) is 6.85. The van der Waals surface area contributed by atoms with Crippen LogP contribution in [0.1, 0.15) is 48.2 Å². The molecule has 1 heterocycles. The summed E-state index contributed by atoms with van der Waals surface area (Å²) in [5, 5.41) is 6.43. The van der Waals surface area contributed by atoms with Crippen molar-refractivity contribution in [2.24, 2.45) is 0 Å². The molecule has 0 spiro atoms. The van der Waals surface area contributed by atoms with Crippen molar-refractivity contribution in [1.29, 1.82) is 0 Å². The summed E-state index contributed by atoms with van der Waals surface area (Å²) in [5.41, 5.74) is 2.67. The molecule has 122 valence electrons. The topological polar surface area (TPSA) is 54.3 Å². The molecule has 23 heavy (non-hydrogen) atoms. The zero-order valence-corrected chi connectivity index (χ0v) is 14.8. The first kappa shape index (κ1) is 16.1. The summed E-state index contributed by atoms with van der Waals surface area (Å²) in [6, 6.07) is 10.2. The van der Waals surface area contributed by atoms with Crippen LogP contribution in [0.3, 0.4) is 0 Å². The van der Waals surface area contributed by atoms with Crippen LogP contribution in [-0.2, 0) is 0 Å². The smallest absolute Gasteiger partial charge is 0.291 e. The van der Waals surface area contributed by atoms with Gasteiger partial charge in [0.15, 0.2) is 10.4 Å². The van der Waals surface area contributed by atoms with Gasteiger partial charge in [-0.2, -0.15) is 0 Å². The normalized spacial score (nSPS) is 15.4. The summed E-state index contributed by atoms with van der Waals surface area (Å²) in [6.07, 6.45) is 6.45. The molecule has 1 aromatic carbocycles. The lowest BCUT2D eigenvalue weighted by Gasteiger charge is -2.23. The first-order valence-electron chi connectivity index (χ1n) is 8.06. The Hall–Kier alpha value is -1.75. The zero-order chi connectivity index (χ0) is 16.2. The maximum atomic E-state index is 12.2. The van der Waals surface area contributed by atoms with E-state index in [1.54, 1.807) is 6.07 Å². The van der Waals surface area contributed by atoms with Gasteiger partial charge in [-0.05, 0) is 66.0 Å². The van der Waals surface area contributed by atoms with E-state index in [0.717, 1.165) is 16.9 Å². The van der Waals surface area contributed by atoms with Gasteiger partial charge in [-0.25, -0.2) is 0 Å². The van der Waals surface area contributed by atoms with Crippen LogP contribution in [-0.4, -0.2) is 11.9 Å². The van der Waals surface area contributed by atoms with Gasteiger partial charge in [-0.3, -0.25) is 4.79 Å². The molecule has 2 aromatic rings. The van der Waals surface area contributed by atoms with E-state index in [0.29, 0.717) is 16.5 Å². The van der Waals surface area contributed by atoms with Crippen molar-refractivity contribution in [3.05, 3.63) is 46.3 Å². The number of amides is 1. The number of hydrogen-bond donors (Lipinski definition) is 2. The Morgan fingerprint density at radius 1 is 1.13 bits per heavy atom. The molecule has 1 amide bonds. The predicted molar refractivity (Wildman–Crippen MR) is 96.0 cm³/mol. The third-order valence-electron chi connectivity index (χ3n) is 4.21. The highest BCUT2D eigenvalue weighted by Crippen LogP contribution is 2.24. The Balaban J connectivity index is 1.60. The average molecular weight is 377 g/mol. The summed E-state index contributed by atoms with van der Waals surface area (Å²) in [6.45, 7) is 1.85. The van der Waals surface area contributed by atoms with Crippen molar-refractivity contribution in [3.63, 3.8) is 0 Å². The lowest BCUT2D eigenvalue weighted by atomic mass is 9.95. The summed E-state index contributed by atoms with van der Waals surface area (Å²) in [4.78, 5) is 12.2. The van der Waals surface area contributed by atoms with Gasteiger partial charge in [-0.1, -0.05) is 19.3 Å². The number of aryl methyl sites for hydroxylation is 1. The van der Waals surface area contributed by atoms with E-state index in [-0.39, 0.29) is 5.91 Å². The van der Waals surface area contributed by atoms with Crippen molar-refractivity contribution in [2.75, 3.05) is 10.6 Å². The molecule has 1 fully saturated rings. The first-order chi connectivity index (χ1) is 11.1. The van der Waals surface area contributed by atoms with Crippen LogP contribution in [0.2, 0.25) is 0 Å². The molecule has 0 saturated heterocycles. The molecule has 1 saturated carbocycles. The highest BCUT2D eigenvalue weighted by Gasteiger charge is 2.15. The number of carbonyl (C=O) groups is 1. The minimum atomic E-state index is -0.235. The van der Waals surface area contributed by atoms with Gasteiger partial charge >= 0.3 is 0 Å². The molecular weight excluding hydrogens is 356 g/mol. The van der Waals surface area contributed by atoms with Crippen molar-refractivity contribution >= 4 is 33.2 Å². The summed E-state index contributed by atoms with van der Waals surface area (Å²) < 4.78 is 5.93. The number of rotatable bonds is 4. The monoisotopic (exact) mass is 376 g/mol. The second-order valence-electron chi connectivity index (χ2n) is 6.07. The highest BCUT2D eigenvalue weighted by atomic mass is 79.9. The average Bonchev–Trinajstić information content (AvgIpc) is 2.89. The fourth-order valence-electron chi connectivity index (χ4n) is 2.99. The molecule has 1 aliphatic rings. The van der Waals surface area contributed by atoms with Crippen molar-refractivity contribution in [1.82, 2.24) is 0 Å². The number of hydrogen-bond acceptors (Lipinski definition) is 3. The fraction of sp³-hybridized carbons (Fsp3) is 0.389. The molecule has 0 aliphatic heterocycles. The van der Waals surface area contributed by atoms with E-state index in [1.807, 2.05) is 31.2 Å². The van der Waals surface area contributed by atoms with Crippen LogP contribution in [0.15, 0.2) is 39.4 Å². The van der Waals surface area contributed by atoms with Crippen LogP contribution < -0.4 is 10.6 Å². The Morgan fingerprint density at radius 2 is 1.78 bits per heavy atom. The number of furan rings is 1. The quantitative estimate of drug-likeness (QED) is 0.756. The molecule has 5 heteroatoms. The maximum Gasteiger partial charge on any atom is 0.291 e. The first-order valence-corrected chi connectivity index (χ1v) is 8.85. The van der Waals surface area contributed by atoms with Gasteiger partial charge in [-0.15, -0.1) is 0 Å². The van der Waals surface area contributed by atoms with Crippen molar-refractivity contribution in [2.45, 2.75) is 45.1 Å². The van der Waals surface area contributed by atoms with Crippen LogP contribution >= 0.6 is 15.9 Å². The van der Waals surface area contributed by atoms with Crippen molar-refractivity contribution in [3.8, 4) is 0 Å². The lowest BCUT2D eigenvalue weighted by Crippen LogP contribution is -2.22. The molecule has 4 nitrogen and oxygen atoms in total. The second kappa shape index (κ2) is 7.21. The van der Waals surface area contributed by atoms with E-state index >= 15 is 0 Å². The highest BCUT2D eigenvalue weighted by molar-refractivity contribution is 9.10. The van der Waals surface area contributed by atoms with Gasteiger partial charge in [0.05, 0.1) is 0 Å². The number of nitrogens with one attached hydrogen (secondary N) is 2. The van der Waals surface area contributed by atoms with Gasteiger partial charge in [0, 0.05) is 23.0 Å². The standard InChI is InChI=1S/C18H21BrN2O2/c1-12-11-16(19)23-17(12)18(22)21-15-9-7-14(8-10-15)20-13-5-3-2-4-6-13/h7-11,13,20H,2-6H2,1H3,(H,21,22). The molecule has 0 radical (unpaired) electrons. The zero-order valence-electron chi connectivity index (χ0n) is 13.2. The summed E-state index contributed by atoms with van der Waals surface area (Å²) in [7, 11) is 0. The van der Waals surface area contributed by atoms with Crippen LogP contribution in [0.5, 0.6) is 0 Å². The molecule has 0 unspecified atom stereocenters.